The molecule has 0 aromatic heterocycles. The van der Waals surface area contributed by atoms with Gasteiger partial charge in [0.1, 0.15) is 6.61 Å². The molecule has 0 unspecified atom stereocenters. The lowest BCUT2D eigenvalue weighted by atomic mass is 10.1. The number of carbonyl (C=O) groups is 3. The van der Waals surface area contributed by atoms with Gasteiger partial charge in [-0.3, -0.25) is 14.4 Å². The van der Waals surface area contributed by atoms with Crippen molar-refractivity contribution in [2.45, 2.75) is 117 Å². The lowest BCUT2D eigenvalue weighted by molar-refractivity contribution is -0.155. The Morgan fingerprint density at radius 1 is 0.724 bits per heavy atom. The largest absolute Gasteiger partial charge is 0.464 e. The Hall–Kier alpha value is -1.59. The maximum atomic E-state index is 11.9. The van der Waals surface area contributed by atoms with Crippen molar-refractivity contribution in [1.82, 2.24) is 5.32 Å². The minimum absolute atomic E-state index is 0.138. The molecule has 0 saturated carbocycles. The predicted octanol–water partition coefficient (Wildman–Crippen LogP) is 5.08. The average Bonchev–Trinajstić information content (AvgIpc) is 2.70. The van der Waals surface area contributed by atoms with Crippen molar-refractivity contribution in [3.05, 3.63) is 0 Å². The number of unbranched alkanes of at least 4 members (excludes halogenated alkanes) is 10. The number of nitrogens with one attached hydrogen (secondary N) is 1. The zero-order chi connectivity index (χ0) is 21.7. The van der Waals surface area contributed by atoms with Crippen LogP contribution >= 0.6 is 0 Å². The molecule has 1 atom stereocenters. The van der Waals surface area contributed by atoms with E-state index in [-0.39, 0.29) is 31.0 Å². The second-order valence-electron chi connectivity index (χ2n) is 7.68. The highest BCUT2D eigenvalue weighted by molar-refractivity contribution is 5.83. The summed E-state index contributed by atoms with van der Waals surface area (Å²) in [5.41, 5.74) is 0. The number of carbonyl (C=O) groups excluding carboxylic acids is 3. The molecular formula is C23H43NO5. The quantitative estimate of drug-likeness (QED) is 0.236. The molecule has 29 heavy (non-hydrogen) atoms. The summed E-state index contributed by atoms with van der Waals surface area (Å²) < 4.78 is 10.3. The first-order chi connectivity index (χ1) is 14.0. The highest BCUT2D eigenvalue weighted by Crippen LogP contribution is 2.09. The third kappa shape index (κ3) is 18.2. The van der Waals surface area contributed by atoms with Gasteiger partial charge >= 0.3 is 11.9 Å². The van der Waals surface area contributed by atoms with Crippen LogP contribution in [0.25, 0.3) is 0 Å². The molecule has 0 aliphatic heterocycles. The predicted molar refractivity (Wildman–Crippen MR) is 116 cm³/mol. The first kappa shape index (κ1) is 27.4. The molecule has 6 nitrogen and oxygen atoms in total. The molecule has 6 heteroatoms. The summed E-state index contributed by atoms with van der Waals surface area (Å²) in [5.74, 6) is -0.935. The lowest BCUT2D eigenvalue weighted by Gasteiger charge is -2.13. The fourth-order valence-corrected chi connectivity index (χ4v) is 2.96. The highest BCUT2D eigenvalue weighted by atomic mass is 16.5. The Bertz CT molecular complexity index is 439. The van der Waals surface area contributed by atoms with E-state index in [9.17, 15) is 14.4 Å². The van der Waals surface area contributed by atoms with Crippen LogP contribution in [0.4, 0.5) is 0 Å². The van der Waals surface area contributed by atoms with Gasteiger partial charge in [0.05, 0.1) is 6.54 Å². The molecule has 0 saturated heterocycles. The Balaban J connectivity index is 3.65. The molecule has 170 valence electrons. The maximum Gasteiger partial charge on any atom is 0.306 e. The molecule has 0 aliphatic carbocycles. The Kier molecular flexibility index (Phi) is 18.6. The zero-order valence-corrected chi connectivity index (χ0v) is 18.9. The van der Waals surface area contributed by atoms with Gasteiger partial charge in [-0.25, -0.2) is 0 Å². The second kappa shape index (κ2) is 19.7. The normalized spacial score (nSPS) is 11.7. The van der Waals surface area contributed by atoms with E-state index in [1.54, 1.807) is 6.92 Å². The van der Waals surface area contributed by atoms with Gasteiger partial charge in [0, 0.05) is 12.8 Å². The fourth-order valence-electron chi connectivity index (χ4n) is 2.96. The molecule has 0 spiro atoms. The Labute approximate surface area is 177 Å². The number of amides is 1. The standard InChI is InChI=1S/C23H43NO5/c1-4-6-8-10-12-14-16-21(25)28-19-18-24-23(27)20(3)29-22(26)17-15-13-11-9-7-5-2/h20H,4-19H2,1-3H3,(H,24,27)/t20-/m1/s1. The summed E-state index contributed by atoms with van der Waals surface area (Å²) in [7, 11) is 0. The summed E-state index contributed by atoms with van der Waals surface area (Å²) in [6, 6.07) is 0. The van der Waals surface area contributed by atoms with Gasteiger partial charge in [0.25, 0.3) is 5.91 Å². The van der Waals surface area contributed by atoms with Crippen molar-refractivity contribution < 1.29 is 23.9 Å². The molecule has 0 rings (SSSR count). The Morgan fingerprint density at radius 3 is 1.76 bits per heavy atom. The molecule has 0 bridgehead atoms. The zero-order valence-electron chi connectivity index (χ0n) is 18.9. The number of hydrogen-bond acceptors (Lipinski definition) is 5. The van der Waals surface area contributed by atoms with Crippen LogP contribution in [0.2, 0.25) is 0 Å². The lowest BCUT2D eigenvalue weighted by Crippen LogP contribution is -2.37. The van der Waals surface area contributed by atoms with Crippen molar-refractivity contribution in [2.75, 3.05) is 13.2 Å². The summed E-state index contributed by atoms with van der Waals surface area (Å²) in [6.45, 7) is 6.26. The number of esters is 2. The topological polar surface area (TPSA) is 81.7 Å². The van der Waals surface area contributed by atoms with Gasteiger partial charge in [0.2, 0.25) is 0 Å². The van der Waals surface area contributed by atoms with Crippen LogP contribution in [0, 0.1) is 0 Å². The van der Waals surface area contributed by atoms with Crippen LogP contribution < -0.4 is 5.32 Å². The van der Waals surface area contributed by atoms with Crippen LogP contribution in [0.3, 0.4) is 0 Å². The second-order valence-corrected chi connectivity index (χ2v) is 7.68. The van der Waals surface area contributed by atoms with Gasteiger partial charge < -0.3 is 14.8 Å². The van der Waals surface area contributed by atoms with Gasteiger partial charge in [0.15, 0.2) is 6.10 Å². The first-order valence-electron chi connectivity index (χ1n) is 11.6. The van der Waals surface area contributed by atoms with Crippen molar-refractivity contribution in [1.29, 1.82) is 0 Å². The van der Waals surface area contributed by atoms with Crippen molar-refractivity contribution in [3.63, 3.8) is 0 Å². The van der Waals surface area contributed by atoms with E-state index in [2.05, 4.69) is 19.2 Å². The smallest absolute Gasteiger partial charge is 0.306 e. The minimum Gasteiger partial charge on any atom is -0.464 e. The van der Waals surface area contributed by atoms with E-state index >= 15 is 0 Å². The summed E-state index contributed by atoms with van der Waals surface area (Å²) in [6.07, 6.45) is 13.3. The van der Waals surface area contributed by atoms with Gasteiger partial charge in [-0.15, -0.1) is 0 Å². The molecule has 0 aromatic carbocycles. The highest BCUT2D eigenvalue weighted by Gasteiger charge is 2.17. The van der Waals surface area contributed by atoms with E-state index in [1.807, 2.05) is 0 Å². The van der Waals surface area contributed by atoms with Crippen molar-refractivity contribution >= 4 is 17.8 Å². The summed E-state index contributed by atoms with van der Waals surface area (Å²) >= 11 is 0. The number of rotatable bonds is 19. The molecule has 1 N–H and O–H groups in total. The first-order valence-corrected chi connectivity index (χ1v) is 11.6. The molecule has 0 fully saturated rings. The molecule has 0 heterocycles. The molecule has 0 aromatic rings. The fraction of sp³-hybridized carbons (Fsp3) is 0.870. The minimum atomic E-state index is -0.832. The van der Waals surface area contributed by atoms with Gasteiger partial charge in [-0.2, -0.15) is 0 Å². The van der Waals surface area contributed by atoms with Crippen LogP contribution in [0.15, 0.2) is 0 Å². The van der Waals surface area contributed by atoms with Crippen molar-refractivity contribution in [3.8, 4) is 0 Å². The third-order valence-corrected chi connectivity index (χ3v) is 4.81. The van der Waals surface area contributed by atoms with E-state index in [4.69, 9.17) is 9.47 Å². The summed E-state index contributed by atoms with van der Waals surface area (Å²) in [4.78, 5) is 35.4. The van der Waals surface area contributed by atoms with E-state index < -0.39 is 6.10 Å². The van der Waals surface area contributed by atoms with E-state index in [0.29, 0.717) is 12.8 Å². The molecule has 1 amide bonds. The van der Waals surface area contributed by atoms with Crippen LogP contribution in [-0.4, -0.2) is 37.1 Å². The number of hydrogen-bond donors (Lipinski definition) is 1. The summed E-state index contributed by atoms with van der Waals surface area (Å²) in [5, 5.41) is 2.63. The van der Waals surface area contributed by atoms with Crippen LogP contribution in [-0.2, 0) is 23.9 Å². The van der Waals surface area contributed by atoms with Crippen LogP contribution in [0.1, 0.15) is 111 Å². The molecular weight excluding hydrogens is 370 g/mol. The average molecular weight is 414 g/mol. The van der Waals surface area contributed by atoms with Crippen LogP contribution in [0.5, 0.6) is 0 Å². The van der Waals surface area contributed by atoms with Gasteiger partial charge in [-0.1, -0.05) is 78.1 Å². The van der Waals surface area contributed by atoms with E-state index in [0.717, 1.165) is 38.5 Å². The van der Waals surface area contributed by atoms with Gasteiger partial charge in [-0.05, 0) is 19.8 Å². The SMILES string of the molecule is CCCCCCCCC(=O)OCCNC(=O)[C@@H](C)OC(=O)CCCCCCCC. The monoisotopic (exact) mass is 413 g/mol. The van der Waals surface area contributed by atoms with Crippen molar-refractivity contribution in [2.24, 2.45) is 0 Å². The Morgan fingerprint density at radius 2 is 1.21 bits per heavy atom. The third-order valence-electron chi connectivity index (χ3n) is 4.81. The molecule has 0 aliphatic rings. The molecule has 0 radical (unpaired) electrons. The number of ether oxygens (including phenoxy) is 2. The van der Waals surface area contributed by atoms with E-state index in [1.165, 1.54) is 38.5 Å². The maximum absolute atomic E-state index is 11.9.